The van der Waals surface area contributed by atoms with Crippen LogP contribution in [-0.2, 0) is 0 Å². The molecule has 2 unspecified atom stereocenters. The Morgan fingerprint density at radius 2 is 1.67 bits per heavy atom. The maximum absolute atomic E-state index is 10.9. The minimum Gasteiger partial charge on any atom is -0.507 e. The second-order valence-electron chi connectivity index (χ2n) is 8.69. The van der Waals surface area contributed by atoms with E-state index < -0.39 is 5.60 Å². The van der Waals surface area contributed by atoms with E-state index in [1.165, 1.54) is 19.3 Å². The summed E-state index contributed by atoms with van der Waals surface area (Å²) in [6, 6.07) is 7.08. The van der Waals surface area contributed by atoms with Crippen LogP contribution in [-0.4, -0.2) is 31.2 Å². The minimum atomic E-state index is -1.12. The first kappa shape index (κ1) is 24.4. The van der Waals surface area contributed by atoms with Crippen molar-refractivity contribution >= 4 is 21.5 Å². The average molecular weight is 476 g/mol. The maximum Gasteiger partial charge on any atom is 0.127 e. The molecule has 0 spiro atoms. The largest absolute Gasteiger partial charge is 0.507 e. The summed E-state index contributed by atoms with van der Waals surface area (Å²) in [5, 5.41) is 33.2. The zero-order valence-electron chi connectivity index (χ0n) is 18.4. The minimum absolute atomic E-state index is 0.00986. The fourth-order valence-electron chi connectivity index (χ4n) is 3.67. The highest BCUT2D eigenvalue weighted by Crippen LogP contribution is 2.42. The van der Waals surface area contributed by atoms with Crippen molar-refractivity contribution < 1.29 is 15.3 Å². The maximum atomic E-state index is 10.9. The Hall–Kier alpha value is -1.85. The molecular formula is C25H34BrNO3. The summed E-state index contributed by atoms with van der Waals surface area (Å²) >= 11 is 3.47. The molecule has 2 atom stereocenters. The van der Waals surface area contributed by atoms with Crippen molar-refractivity contribution in [3.05, 3.63) is 59.4 Å². The highest BCUT2D eigenvalue weighted by Gasteiger charge is 2.22. The predicted octanol–water partition coefficient (Wildman–Crippen LogP) is 6.39. The van der Waals surface area contributed by atoms with Crippen LogP contribution in [0, 0.1) is 5.92 Å². The monoisotopic (exact) mass is 475 g/mol. The van der Waals surface area contributed by atoms with Crippen LogP contribution in [0.4, 0.5) is 0 Å². The molecule has 2 aromatic rings. The quantitative estimate of drug-likeness (QED) is 0.274. The number of rotatable bonds is 10. The van der Waals surface area contributed by atoms with E-state index in [1.807, 2.05) is 0 Å². The van der Waals surface area contributed by atoms with Crippen molar-refractivity contribution in [2.75, 3.05) is 5.33 Å². The zero-order chi connectivity index (χ0) is 22.3. The molecule has 0 aliphatic heterocycles. The number of aliphatic hydroxyl groups is 1. The molecule has 1 aromatic heterocycles. The Balaban J connectivity index is 2.37. The first-order valence-corrected chi connectivity index (χ1v) is 11.7. The second-order valence-corrected chi connectivity index (χ2v) is 9.48. The van der Waals surface area contributed by atoms with Crippen LogP contribution in [0.5, 0.6) is 11.5 Å². The molecule has 5 heteroatoms. The van der Waals surface area contributed by atoms with E-state index in [4.69, 9.17) is 0 Å². The third-order valence-electron chi connectivity index (χ3n) is 5.55. The summed E-state index contributed by atoms with van der Waals surface area (Å²) in [7, 11) is 0. The first-order chi connectivity index (χ1) is 14.1. The molecule has 1 heterocycles. The molecule has 0 saturated carbocycles. The van der Waals surface area contributed by atoms with Crippen LogP contribution < -0.4 is 0 Å². The molecule has 0 bridgehead atoms. The topological polar surface area (TPSA) is 73.6 Å². The van der Waals surface area contributed by atoms with E-state index in [1.54, 1.807) is 56.6 Å². The number of nitrogens with zero attached hydrogens (tertiary/aromatic N) is 1. The fourth-order valence-corrected chi connectivity index (χ4v) is 4.07. The smallest absolute Gasteiger partial charge is 0.127 e. The molecule has 0 radical (unpaired) electrons. The number of hydrogen-bond acceptors (Lipinski definition) is 4. The van der Waals surface area contributed by atoms with E-state index in [-0.39, 0.29) is 17.4 Å². The molecule has 4 nitrogen and oxygen atoms in total. The Morgan fingerprint density at radius 3 is 2.20 bits per heavy atom. The van der Waals surface area contributed by atoms with Crippen molar-refractivity contribution in [2.45, 2.75) is 64.9 Å². The van der Waals surface area contributed by atoms with Crippen molar-refractivity contribution in [1.29, 1.82) is 0 Å². The van der Waals surface area contributed by atoms with E-state index >= 15 is 0 Å². The van der Waals surface area contributed by atoms with Gasteiger partial charge in [0.05, 0.1) is 11.2 Å². The van der Waals surface area contributed by atoms with E-state index in [2.05, 4.69) is 34.8 Å². The number of aromatic hydroxyl groups is 2. The number of phenols is 2. The molecule has 3 N–H and O–H groups in total. The molecule has 30 heavy (non-hydrogen) atoms. The summed E-state index contributed by atoms with van der Waals surface area (Å²) in [5.74, 6) is 0.672. The molecule has 0 aliphatic carbocycles. The van der Waals surface area contributed by atoms with Gasteiger partial charge in [0, 0.05) is 17.7 Å². The van der Waals surface area contributed by atoms with Gasteiger partial charge in [-0.05, 0) is 79.1 Å². The van der Waals surface area contributed by atoms with E-state index in [0.29, 0.717) is 17.1 Å². The summed E-state index contributed by atoms with van der Waals surface area (Å²) < 4.78 is 0. The number of pyridine rings is 1. The van der Waals surface area contributed by atoms with Crippen LogP contribution in [0.1, 0.15) is 76.0 Å². The van der Waals surface area contributed by atoms with Crippen LogP contribution in [0.25, 0.3) is 5.57 Å². The lowest BCUT2D eigenvalue weighted by molar-refractivity contribution is 0.133. The number of unbranched alkanes of at least 4 members (excludes halogenated alkanes) is 2. The van der Waals surface area contributed by atoms with Gasteiger partial charge in [-0.1, -0.05) is 49.0 Å². The van der Waals surface area contributed by atoms with Gasteiger partial charge in [-0.3, -0.25) is 4.98 Å². The molecule has 0 saturated heterocycles. The van der Waals surface area contributed by atoms with Crippen molar-refractivity contribution in [3.63, 3.8) is 0 Å². The number of halogens is 1. The number of phenolic OH excluding ortho intramolecular Hbond substituents is 2. The van der Waals surface area contributed by atoms with E-state index in [9.17, 15) is 15.3 Å². The normalized spacial score (nSPS) is 14.5. The van der Waals surface area contributed by atoms with Crippen LogP contribution in [0.2, 0.25) is 0 Å². The first-order valence-electron chi connectivity index (χ1n) is 10.6. The average Bonchev–Trinajstić information content (AvgIpc) is 2.69. The van der Waals surface area contributed by atoms with Gasteiger partial charge in [0.25, 0.3) is 0 Å². The van der Waals surface area contributed by atoms with Gasteiger partial charge >= 0.3 is 0 Å². The van der Waals surface area contributed by atoms with Gasteiger partial charge < -0.3 is 15.3 Å². The van der Waals surface area contributed by atoms with Gasteiger partial charge in [-0.25, -0.2) is 0 Å². The Labute approximate surface area is 188 Å². The Kier molecular flexibility index (Phi) is 8.92. The number of aromatic nitrogens is 1. The third-order valence-corrected chi connectivity index (χ3v) is 6.11. The summed E-state index contributed by atoms with van der Waals surface area (Å²) in [6.45, 7) is 7.68. The summed E-state index contributed by atoms with van der Waals surface area (Å²) in [4.78, 5) is 4.04. The lowest BCUT2D eigenvalue weighted by Crippen LogP contribution is -2.15. The molecule has 0 fully saturated rings. The Morgan fingerprint density at radius 1 is 1.07 bits per heavy atom. The van der Waals surface area contributed by atoms with Gasteiger partial charge in [0.2, 0.25) is 0 Å². The van der Waals surface area contributed by atoms with Gasteiger partial charge in [-0.2, -0.15) is 0 Å². The SMILES string of the molecule is CC(CCCCCBr)C(C)c1cc(O)c(/C(=C/C(C)(C)O)c2ccncc2)c(O)c1. The molecule has 0 amide bonds. The van der Waals surface area contributed by atoms with Gasteiger partial charge in [0.15, 0.2) is 0 Å². The van der Waals surface area contributed by atoms with Crippen LogP contribution in [0.15, 0.2) is 42.7 Å². The molecule has 164 valence electrons. The molecular weight excluding hydrogens is 442 g/mol. The van der Waals surface area contributed by atoms with Gasteiger partial charge in [-0.15, -0.1) is 0 Å². The lowest BCUT2D eigenvalue weighted by Gasteiger charge is -2.23. The van der Waals surface area contributed by atoms with Crippen LogP contribution in [0.3, 0.4) is 0 Å². The van der Waals surface area contributed by atoms with Gasteiger partial charge in [0.1, 0.15) is 11.5 Å². The van der Waals surface area contributed by atoms with E-state index in [0.717, 1.165) is 22.9 Å². The highest BCUT2D eigenvalue weighted by molar-refractivity contribution is 9.09. The lowest BCUT2D eigenvalue weighted by atomic mass is 9.83. The highest BCUT2D eigenvalue weighted by atomic mass is 79.9. The van der Waals surface area contributed by atoms with Crippen molar-refractivity contribution in [2.24, 2.45) is 5.92 Å². The third kappa shape index (κ3) is 6.85. The van der Waals surface area contributed by atoms with Crippen molar-refractivity contribution in [3.8, 4) is 11.5 Å². The fraction of sp³-hybridized carbons (Fsp3) is 0.480. The molecule has 0 aliphatic rings. The van der Waals surface area contributed by atoms with Crippen LogP contribution >= 0.6 is 15.9 Å². The molecule has 2 rings (SSSR count). The molecule has 1 aromatic carbocycles. The second kappa shape index (κ2) is 11.0. The zero-order valence-corrected chi connectivity index (χ0v) is 20.0. The Bertz CT molecular complexity index is 820. The predicted molar refractivity (Wildman–Crippen MR) is 127 cm³/mol. The summed E-state index contributed by atoms with van der Waals surface area (Å²) in [5.41, 5.74) is 1.46. The van der Waals surface area contributed by atoms with Crippen molar-refractivity contribution in [1.82, 2.24) is 4.98 Å². The standard InChI is InChI=1S/C25H34BrNO3/c1-17(8-6-5-7-11-26)18(2)20-14-22(28)24(23(29)15-20)21(16-25(3,4)30)19-9-12-27-13-10-19/h9-10,12-18,28-30H,5-8,11H2,1-4H3/b21-16+. The number of hydrogen-bond donors (Lipinski definition) is 3. The summed E-state index contributed by atoms with van der Waals surface area (Å²) in [6.07, 6.45) is 9.61. The number of benzene rings is 1. The number of alkyl halides is 1.